The number of aliphatic hydroxyl groups is 1. The van der Waals surface area contributed by atoms with Gasteiger partial charge in [-0.1, -0.05) is 29.8 Å². The van der Waals surface area contributed by atoms with Crippen LogP contribution in [0.15, 0.2) is 36.5 Å². The summed E-state index contributed by atoms with van der Waals surface area (Å²) in [7, 11) is 0. The molecule has 0 aliphatic carbocycles. The van der Waals surface area contributed by atoms with Gasteiger partial charge in [0.05, 0.1) is 5.02 Å². The number of anilines is 1. The number of aliphatic hydroxyl groups excluding tert-OH is 1. The molecule has 0 aliphatic rings. The van der Waals surface area contributed by atoms with E-state index in [1.54, 1.807) is 18.2 Å². The third-order valence-corrected chi connectivity index (χ3v) is 2.73. The number of halogens is 2. The van der Waals surface area contributed by atoms with Crippen molar-refractivity contribution < 1.29 is 9.50 Å². The topological polar surface area (TPSA) is 59.1 Å². The van der Waals surface area contributed by atoms with Gasteiger partial charge in [-0.25, -0.2) is 9.37 Å². The molecule has 1 aromatic carbocycles. The Hall–Kier alpha value is -1.65. The average Bonchev–Trinajstić information content (AvgIpc) is 2.32. The lowest BCUT2D eigenvalue weighted by Gasteiger charge is -2.14. The number of hydrogen-bond acceptors (Lipinski definition) is 3. The molecule has 3 N–H and O–H groups in total. The van der Waals surface area contributed by atoms with Crippen LogP contribution in [-0.4, -0.2) is 10.1 Å². The second-order valence-electron chi connectivity index (χ2n) is 3.52. The maximum atomic E-state index is 13.7. The van der Waals surface area contributed by atoms with Crippen LogP contribution in [0.25, 0.3) is 0 Å². The van der Waals surface area contributed by atoms with Gasteiger partial charge in [-0.15, -0.1) is 0 Å². The number of nitrogens with two attached hydrogens (primary N) is 1. The summed E-state index contributed by atoms with van der Waals surface area (Å²) in [5.41, 5.74) is 6.06. The summed E-state index contributed by atoms with van der Waals surface area (Å²) in [5.74, 6) is -0.482. The summed E-state index contributed by atoms with van der Waals surface area (Å²) in [5, 5.41) is 10.0. The summed E-state index contributed by atoms with van der Waals surface area (Å²) in [4.78, 5) is 3.84. The molecule has 0 saturated carbocycles. The Bertz CT molecular complexity index is 548. The van der Waals surface area contributed by atoms with Crippen molar-refractivity contribution in [3.05, 3.63) is 58.5 Å². The first-order chi connectivity index (χ1) is 8.11. The summed E-state index contributed by atoms with van der Waals surface area (Å²) in [6.07, 6.45) is 0.322. The van der Waals surface area contributed by atoms with Gasteiger partial charge in [0, 0.05) is 17.3 Å². The fraction of sp³-hybridized carbons (Fsp3) is 0.0833. The lowest BCUT2D eigenvalue weighted by Crippen LogP contribution is -2.07. The van der Waals surface area contributed by atoms with Crippen LogP contribution in [0.3, 0.4) is 0 Å². The molecule has 5 heteroatoms. The lowest BCUT2D eigenvalue weighted by molar-refractivity contribution is 0.215. The maximum Gasteiger partial charge on any atom is 0.147 e. The Balaban J connectivity index is 2.48. The van der Waals surface area contributed by atoms with Crippen molar-refractivity contribution in [2.45, 2.75) is 6.10 Å². The number of benzene rings is 1. The molecule has 88 valence electrons. The largest absolute Gasteiger partial charge is 0.383 e. The number of rotatable bonds is 2. The van der Waals surface area contributed by atoms with Gasteiger partial charge >= 0.3 is 0 Å². The van der Waals surface area contributed by atoms with Crippen LogP contribution >= 0.6 is 11.6 Å². The zero-order valence-electron chi connectivity index (χ0n) is 8.77. The van der Waals surface area contributed by atoms with E-state index in [2.05, 4.69) is 4.98 Å². The number of hydrogen-bond donors (Lipinski definition) is 2. The Kier molecular flexibility index (Phi) is 3.26. The molecule has 2 rings (SSSR count). The molecule has 0 spiro atoms. The fourth-order valence-electron chi connectivity index (χ4n) is 1.56. The van der Waals surface area contributed by atoms with Crippen LogP contribution in [0.5, 0.6) is 0 Å². The minimum absolute atomic E-state index is 0.0380. The highest BCUT2D eigenvalue weighted by Gasteiger charge is 2.18. The Morgan fingerprint density at radius 1 is 1.24 bits per heavy atom. The van der Waals surface area contributed by atoms with Crippen LogP contribution in [0.1, 0.15) is 17.2 Å². The van der Waals surface area contributed by atoms with Gasteiger partial charge in [-0.3, -0.25) is 0 Å². The smallest absolute Gasteiger partial charge is 0.147 e. The quantitative estimate of drug-likeness (QED) is 0.864. The van der Waals surface area contributed by atoms with Gasteiger partial charge in [0.25, 0.3) is 0 Å². The van der Waals surface area contributed by atoms with Gasteiger partial charge in [0.15, 0.2) is 0 Å². The van der Waals surface area contributed by atoms with Crippen molar-refractivity contribution >= 4 is 17.4 Å². The molecule has 2 aromatic rings. The summed E-state index contributed by atoms with van der Waals surface area (Å²) < 4.78 is 13.7. The van der Waals surface area contributed by atoms with Crippen LogP contribution in [0.2, 0.25) is 5.02 Å². The number of nitrogen functional groups attached to an aromatic ring is 1. The van der Waals surface area contributed by atoms with Crippen LogP contribution in [-0.2, 0) is 0 Å². The minimum Gasteiger partial charge on any atom is -0.383 e. The van der Waals surface area contributed by atoms with E-state index in [0.29, 0.717) is 5.56 Å². The van der Waals surface area contributed by atoms with E-state index in [4.69, 9.17) is 17.3 Å². The summed E-state index contributed by atoms with van der Waals surface area (Å²) >= 11 is 5.65. The molecule has 0 amide bonds. The van der Waals surface area contributed by atoms with E-state index in [-0.39, 0.29) is 16.4 Å². The van der Waals surface area contributed by atoms with Crippen molar-refractivity contribution in [1.82, 2.24) is 4.98 Å². The zero-order chi connectivity index (χ0) is 12.4. The van der Waals surface area contributed by atoms with Gasteiger partial charge in [0.1, 0.15) is 17.7 Å². The normalized spacial score (nSPS) is 12.4. The van der Waals surface area contributed by atoms with Gasteiger partial charge < -0.3 is 10.8 Å². The standard InChI is InChI=1S/C12H10ClFN2O/c13-9-5-1-3-7(10(9)14)11(17)8-4-2-6-16-12(8)15/h1-6,11,17H,(H2,15,16). The lowest BCUT2D eigenvalue weighted by atomic mass is 10.0. The van der Waals surface area contributed by atoms with E-state index in [1.807, 2.05) is 0 Å². The summed E-state index contributed by atoms with van der Waals surface area (Å²) in [6.45, 7) is 0. The van der Waals surface area contributed by atoms with Gasteiger partial charge in [0.2, 0.25) is 0 Å². The predicted octanol–water partition coefficient (Wildman–Crippen LogP) is 2.54. The highest BCUT2D eigenvalue weighted by molar-refractivity contribution is 6.30. The Morgan fingerprint density at radius 2 is 1.94 bits per heavy atom. The molecule has 1 heterocycles. The Labute approximate surface area is 103 Å². The molecule has 0 radical (unpaired) electrons. The molecule has 0 aliphatic heterocycles. The third-order valence-electron chi connectivity index (χ3n) is 2.44. The predicted molar refractivity (Wildman–Crippen MR) is 64.1 cm³/mol. The number of pyridine rings is 1. The van der Waals surface area contributed by atoms with E-state index in [9.17, 15) is 9.50 Å². The maximum absolute atomic E-state index is 13.7. The van der Waals surface area contributed by atoms with Crippen molar-refractivity contribution in [1.29, 1.82) is 0 Å². The van der Waals surface area contributed by atoms with E-state index in [0.717, 1.165) is 0 Å². The van der Waals surface area contributed by atoms with Crippen molar-refractivity contribution in [2.24, 2.45) is 0 Å². The molecule has 3 nitrogen and oxygen atoms in total. The van der Waals surface area contributed by atoms with E-state index in [1.165, 1.54) is 18.3 Å². The summed E-state index contributed by atoms with van der Waals surface area (Å²) in [6, 6.07) is 7.65. The number of aromatic nitrogens is 1. The molecule has 1 atom stereocenters. The van der Waals surface area contributed by atoms with Crippen LogP contribution < -0.4 is 5.73 Å². The van der Waals surface area contributed by atoms with Crippen molar-refractivity contribution in [2.75, 3.05) is 5.73 Å². The first-order valence-electron chi connectivity index (χ1n) is 4.93. The molecule has 1 unspecified atom stereocenters. The molecular weight excluding hydrogens is 243 g/mol. The van der Waals surface area contributed by atoms with Gasteiger partial charge in [-0.2, -0.15) is 0 Å². The fourth-order valence-corrected chi connectivity index (χ4v) is 1.74. The SMILES string of the molecule is Nc1ncccc1C(O)c1cccc(Cl)c1F. The van der Waals surface area contributed by atoms with Crippen LogP contribution in [0.4, 0.5) is 10.2 Å². The van der Waals surface area contributed by atoms with Crippen molar-refractivity contribution in [3.63, 3.8) is 0 Å². The van der Waals surface area contributed by atoms with E-state index < -0.39 is 11.9 Å². The molecule has 0 saturated heterocycles. The number of nitrogens with zero attached hydrogens (tertiary/aromatic N) is 1. The monoisotopic (exact) mass is 252 g/mol. The molecule has 0 bridgehead atoms. The zero-order valence-corrected chi connectivity index (χ0v) is 9.53. The molecular formula is C12H10ClFN2O. The second kappa shape index (κ2) is 4.69. The molecule has 0 fully saturated rings. The molecule has 1 aromatic heterocycles. The van der Waals surface area contributed by atoms with Crippen molar-refractivity contribution in [3.8, 4) is 0 Å². The van der Waals surface area contributed by atoms with Crippen LogP contribution in [0, 0.1) is 5.82 Å². The second-order valence-corrected chi connectivity index (χ2v) is 3.93. The Morgan fingerprint density at radius 3 is 2.65 bits per heavy atom. The first-order valence-corrected chi connectivity index (χ1v) is 5.31. The third kappa shape index (κ3) is 2.23. The highest BCUT2D eigenvalue weighted by atomic mass is 35.5. The highest BCUT2D eigenvalue weighted by Crippen LogP contribution is 2.29. The average molecular weight is 253 g/mol. The molecule has 17 heavy (non-hydrogen) atoms. The first kappa shape index (κ1) is 11.8. The van der Waals surface area contributed by atoms with Gasteiger partial charge in [-0.05, 0) is 12.1 Å². The van der Waals surface area contributed by atoms with E-state index >= 15 is 0 Å². The minimum atomic E-state index is -1.18.